The van der Waals surface area contributed by atoms with Crippen LogP contribution in [0.25, 0.3) is 0 Å². The number of rotatable bonds is 4. The molecule has 0 aliphatic carbocycles. The summed E-state index contributed by atoms with van der Waals surface area (Å²) in [6.07, 6.45) is 0.394. The van der Waals surface area contributed by atoms with E-state index in [2.05, 4.69) is 0 Å². The number of hydrogen-bond acceptors (Lipinski definition) is 4. The summed E-state index contributed by atoms with van der Waals surface area (Å²) in [5, 5.41) is 0. The lowest BCUT2D eigenvalue weighted by atomic mass is 10.2. The van der Waals surface area contributed by atoms with Crippen molar-refractivity contribution in [2.24, 2.45) is 0 Å². The number of amides is 1. The molecular weight excluding hydrogens is 234 g/mol. The SMILES string of the molecule is COCCOc1ccc2c(c1)N(C)C(=O)CCO2. The standard InChI is InChI=1S/C13H17NO4/c1-14-11-9-10(17-8-7-16-2)3-4-12(11)18-6-5-13(14)15/h3-4,9H,5-8H2,1-2H3. The van der Waals surface area contributed by atoms with E-state index in [9.17, 15) is 4.79 Å². The summed E-state index contributed by atoms with van der Waals surface area (Å²) >= 11 is 0. The first-order valence-corrected chi connectivity index (χ1v) is 5.87. The number of hydrogen-bond donors (Lipinski definition) is 0. The van der Waals surface area contributed by atoms with Gasteiger partial charge in [-0.3, -0.25) is 4.79 Å². The molecule has 0 unspecified atom stereocenters. The Bertz CT molecular complexity index is 433. The Morgan fingerprint density at radius 1 is 1.39 bits per heavy atom. The molecule has 0 spiro atoms. The first kappa shape index (κ1) is 12.7. The van der Waals surface area contributed by atoms with Crippen LogP contribution in [0.4, 0.5) is 5.69 Å². The highest BCUT2D eigenvalue weighted by Crippen LogP contribution is 2.33. The Morgan fingerprint density at radius 2 is 2.22 bits per heavy atom. The van der Waals surface area contributed by atoms with E-state index in [-0.39, 0.29) is 5.91 Å². The number of carbonyl (C=O) groups excluding carboxylic acids is 1. The molecule has 0 saturated heterocycles. The normalized spacial score (nSPS) is 14.8. The predicted molar refractivity (Wildman–Crippen MR) is 67.3 cm³/mol. The topological polar surface area (TPSA) is 48.0 Å². The van der Waals surface area contributed by atoms with Crippen molar-refractivity contribution in [3.05, 3.63) is 18.2 Å². The highest BCUT2D eigenvalue weighted by atomic mass is 16.5. The van der Waals surface area contributed by atoms with E-state index in [1.54, 1.807) is 19.1 Å². The second-order valence-electron chi connectivity index (χ2n) is 4.02. The summed E-state index contributed by atoms with van der Waals surface area (Å²) in [6.45, 7) is 1.43. The summed E-state index contributed by atoms with van der Waals surface area (Å²) in [5.41, 5.74) is 0.743. The van der Waals surface area contributed by atoms with E-state index >= 15 is 0 Å². The van der Waals surface area contributed by atoms with Crippen molar-refractivity contribution in [1.29, 1.82) is 0 Å². The Balaban J connectivity index is 2.18. The second-order valence-corrected chi connectivity index (χ2v) is 4.02. The van der Waals surface area contributed by atoms with Crippen molar-refractivity contribution < 1.29 is 19.0 Å². The fraction of sp³-hybridized carbons (Fsp3) is 0.462. The number of anilines is 1. The van der Waals surface area contributed by atoms with E-state index in [1.165, 1.54) is 0 Å². The fourth-order valence-corrected chi connectivity index (χ4v) is 1.76. The highest BCUT2D eigenvalue weighted by molar-refractivity contribution is 5.95. The van der Waals surface area contributed by atoms with Gasteiger partial charge in [0.2, 0.25) is 5.91 Å². The molecule has 1 aliphatic heterocycles. The average molecular weight is 251 g/mol. The molecule has 5 nitrogen and oxygen atoms in total. The minimum absolute atomic E-state index is 0.0443. The van der Waals surface area contributed by atoms with Gasteiger partial charge in [-0.15, -0.1) is 0 Å². The van der Waals surface area contributed by atoms with Crippen molar-refractivity contribution in [3.63, 3.8) is 0 Å². The molecule has 1 aromatic carbocycles. The minimum atomic E-state index is 0.0443. The Labute approximate surface area is 106 Å². The molecule has 18 heavy (non-hydrogen) atoms. The molecule has 0 saturated carbocycles. The maximum Gasteiger partial charge on any atom is 0.230 e. The van der Waals surface area contributed by atoms with Gasteiger partial charge in [-0.25, -0.2) is 0 Å². The fourth-order valence-electron chi connectivity index (χ4n) is 1.76. The van der Waals surface area contributed by atoms with Gasteiger partial charge in [-0.05, 0) is 12.1 Å². The summed E-state index contributed by atoms with van der Waals surface area (Å²) < 4.78 is 16.0. The van der Waals surface area contributed by atoms with Crippen molar-refractivity contribution in [3.8, 4) is 11.5 Å². The lowest BCUT2D eigenvalue weighted by Gasteiger charge is -2.17. The van der Waals surface area contributed by atoms with Crippen molar-refractivity contribution >= 4 is 11.6 Å². The van der Waals surface area contributed by atoms with Gasteiger partial charge in [0, 0.05) is 20.2 Å². The smallest absolute Gasteiger partial charge is 0.230 e. The first-order valence-electron chi connectivity index (χ1n) is 5.87. The van der Waals surface area contributed by atoms with E-state index in [4.69, 9.17) is 14.2 Å². The second kappa shape index (κ2) is 5.73. The maximum absolute atomic E-state index is 11.7. The molecule has 0 atom stereocenters. The number of benzene rings is 1. The molecule has 1 amide bonds. The molecule has 1 aromatic rings. The van der Waals surface area contributed by atoms with Crippen LogP contribution in [0.15, 0.2) is 18.2 Å². The number of ether oxygens (including phenoxy) is 3. The molecule has 1 aliphatic rings. The van der Waals surface area contributed by atoms with Crippen LogP contribution in [0, 0.1) is 0 Å². The number of fused-ring (bicyclic) bond motifs is 1. The maximum atomic E-state index is 11.7. The van der Waals surface area contributed by atoms with E-state index < -0.39 is 0 Å². The highest BCUT2D eigenvalue weighted by Gasteiger charge is 2.20. The monoisotopic (exact) mass is 251 g/mol. The van der Waals surface area contributed by atoms with Gasteiger partial charge < -0.3 is 19.1 Å². The molecule has 0 N–H and O–H groups in total. The Hall–Kier alpha value is -1.75. The molecule has 1 heterocycles. The number of methoxy groups -OCH3 is 1. The third-order valence-corrected chi connectivity index (χ3v) is 2.80. The van der Waals surface area contributed by atoms with Crippen molar-refractivity contribution in [2.75, 3.05) is 38.9 Å². The summed E-state index contributed by atoms with van der Waals surface area (Å²) in [4.78, 5) is 13.3. The van der Waals surface area contributed by atoms with Gasteiger partial charge in [0.25, 0.3) is 0 Å². The van der Waals surface area contributed by atoms with Gasteiger partial charge in [0.15, 0.2) is 0 Å². The van der Waals surface area contributed by atoms with E-state index in [0.29, 0.717) is 37.7 Å². The minimum Gasteiger partial charge on any atom is -0.491 e. The lowest BCUT2D eigenvalue weighted by Crippen LogP contribution is -2.25. The van der Waals surface area contributed by atoms with Crippen LogP contribution in [0.3, 0.4) is 0 Å². The van der Waals surface area contributed by atoms with Crippen LogP contribution in [-0.2, 0) is 9.53 Å². The van der Waals surface area contributed by atoms with Crippen LogP contribution in [0.2, 0.25) is 0 Å². The number of nitrogens with zero attached hydrogens (tertiary/aromatic N) is 1. The summed E-state index contributed by atoms with van der Waals surface area (Å²) in [6, 6.07) is 5.47. The summed E-state index contributed by atoms with van der Waals surface area (Å²) in [5.74, 6) is 1.46. The van der Waals surface area contributed by atoms with E-state index in [1.807, 2.05) is 18.2 Å². The van der Waals surface area contributed by atoms with Crippen LogP contribution < -0.4 is 14.4 Å². The van der Waals surface area contributed by atoms with Crippen LogP contribution >= 0.6 is 0 Å². The number of carbonyl (C=O) groups is 1. The van der Waals surface area contributed by atoms with Gasteiger partial charge in [-0.2, -0.15) is 0 Å². The zero-order valence-electron chi connectivity index (χ0n) is 10.6. The average Bonchev–Trinajstić information content (AvgIpc) is 2.51. The largest absolute Gasteiger partial charge is 0.491 e. The third-order valence-electron chi connectivity index (χ3n) is 2.80. The Kier molecular flexibility index (Phi) is 4.04. The first-order chi connectivity index (χ1) is 8.72. The molecule has 0 bridgehead atoms. The molecule has 98 valence electrons. The third kappa shape index (κ3) is 2.73. The van der Waals surface area contributed by atoms with Gasteiger partial charge in [-0.1, -0.05) is 0 Å². The van der Waals surface area contributed by atoms with Gasteiger partial charge in [0.1, 0.15) is 18.1 Å². The molecule has 0 fully saturated rings. The van der Waals surface area contributed by atoms with Crippen LogP contribution in [0.1, 0.15) is 6.42 Å². The Morgan fingerprint density at radius 3 is 3.00 bits per heavy atom. The molecule has 0 aromatic heterocycles. The predicted octanol–water partition coefficient (Wildman–Crippen LogP) is 1.46. The van der Waals surface area contributed by atoms with Crippen molar-refractivity contribution in [2.45, 2.75) is 6.42 Å². The zero-order valence-corrected chi connectivity index (χ0v) is 10.6. The molecule has 2 rings (SSSR count). The van der Waals surface area contributed by atoms with Gasteiger partial charge >= 0.3 is 0 Å². The zero-order chi connectivity index (χ0) is 13.0. The van der Waals surface area contributed by atoms with Crippen LogP contribution in [-0.4, -0.2) is 39.9 Å². The molecule has 0 radical (unpaired) electrons. The van der Waals surface area contributed by atoms with E-state index in [0.717, 1.165) is 5.69 Å². The van der Waals surface area contributed by atoms with Crippen LogP contribution in [0.5, 0.6) is 11.5 Å². The summed E-state index contributed by atoms with van der Waals surface area (Å²) in [7, 11) is 3.37. The van der Waals surface area contributed by atoms with Gasteiger partial charge in [0.05, 0.1) is 25.3 Å². The van der Waals surface area contributed by atoms with Crippen molar-refractivity contribution in [1.82, 2.24) is 0 Å². The quantitative estimate of drug-likeness (QED) is 0.760. The molecular formula is C13H17NO4. The lowest BCUT2D eigenvalue weighted by molar-refractivity contribution is -0.118. The molecule has 5 heteroatoms.